The number of rotatable bonds is 7. The number of benzene rings is 2. The van der Waals surface area contributed by atoms with Gasteiger partial charge in [0.05, 0.1) is 13.7 Å². The van der Waals surface area contributed by atoms with Gasteiger partial charge in [-0.1, -0.05) is 59.2 Å². The van der Waals surface area contributed by atoms with Crippen molar-refractivity contribution in [2.24, 2.45) is 0 Å². The zero-order valence-corrected chi connectivity index (χ0v) is 14.9. The Morgan fingerprint density at radius 3 is 2.77 bits per heavy atom. The van der Waals surface area contributed by atoms with Crippen molar-refractivity contribution in [3.8, 4) is 11.4 Å². The van der Waals surface area contributed by atoms with E-state index in [2.05, 4.69) is 15.5 Å². The van der Waals surface area contributed by atoms with Gasteiger partial charge < -0.3 is 9.26 Å². The van der Waals surface area contributed by atoms with E-state index in [9.17, 15) is 4.79 Å². The highest BCUT2D eigenvalue weighted by atomic mass is 35.5. The Hall–Kier alpha value is -2.70. The molecule has 0 fully saturated rings. The third kappa shape index (κ3) is 4.68. The molecule has 0 saturated carbocycles. The third-order valence-electron chi connectivity index (χ3n) is 3.82. The van der Waals surface area contributed by atoms with E-state index >= 15 is 0 Å². The van der Waals surface area contributed by atoms with Gasteiger partial charge in [-0.05, 0) is 24.1 Å². The lowest BCUT2D eigenvalue weighted by molar-refractivity contribution is -0.143. The van der Waals surface area contributed by atoms with E-state index in [-0.39, 0.29) is 12.5 Å². The number of methoxy groups -OCH3 is 1. The lowest BCUT2D eigenvalue weighted by atomic mass is 10.1. The Morgan fingerprint density at radius 1 is 1.23 bits per heavy atom. The van der Waals surface area contributed by atoms with Crippen LogP contribution >= 0.6 is 11.6 Å². The molecule has 3 rings (SSSR count). The van der Waals surface area contributed by atoms with Gasteiger partial charge in [-0.2, -0.15) is 4.98 Å². The molecule has 134 valence electrons. The van der Waals surface area contributed by atoms with Crippen molar-refractivity contribution in [2.75, 3.05) is 7.11 Å². The summed E-state index contributed by atoms with van der Waals surface area (Å²) in [6, 6.07) is 16.4. The van der Waals surface area contributed by atoms with Gasteiger partial charge in [0.15, 0.2) is 0 Å². The molecular formula is C19H18ClN3O3. The Kier molecular flexibility index (Phi) is 5.99. The minimum Gasteiger partial charge on any atom is -0.468 e. The van der Waals surface area contributed by atoms with Gasteiger partial charge in [0, 0.05) is 10.6 Å². The molecule has 0 bridgehead atoms. The average molecular weight is 372 g/mol. The van der Waals surface area contributed by atoms with Gasteiger partial charge in [-0.15, -0.1) is 0 Å². The van der Waals surface area contributed by atoms with Crippen molar-refractivity contribution in [3.63, 3.8) is 0 Å². The fraction of sp³-hybridized carbons (Fsp3) is 0.211. The first-order valence-corrected chi connectivity index (χ1v) is 8.47. The number of hydrogen-bond acceptors (Lipinski definition) is 6. The first-order chi connectivity index (χ1) is 12.7. The topological polar surface area (TPSA) is 77.2 Å². The highest BCUT2D eigenvalue weighted by Gasteiger charge is 2.20. The first kappa shape index (κ1) is 18.1. The van der Waals surface area contributed by atoms with E-state index in [4.69, 9.17) is 20.9 Å². The van der Waals surface area contributed by atoms with E-state index in [0.717, 1.165) is 11.1 Å². The molecule has 1 heterocycles. The van der Waals surface area contributed by atoms with Crippen LogP contribution in [0, 0.1) is 0 Å². The fourth-order valence-electron chi connectivity index (χ4n) is 2.51. The second kappa shape index (κ2) is 8.60. The molecule has 1 N–H and O–H groups in total. The highest BCUT2D eigenvalue weighted by Crippen LogP contribution is 2.20. The third-order valence-corrected chi connectivity index (χ3v) is 4.05. The van der Waals surface area contributed by atoms with Gasteiger partial charge in [-0.3, -0.25) is 10.1 Å². The van der Waals surface area contributed by atoms with Crippen molar-refractivity contribution in [1.29, 1.82) is 0 Å². The van der Waals surface area contributed by atoms with Crippen LogP contribution < -0.4 is 5.32 Å². The number of hydrogen-bond donors (Lipinski definition) is 1. The van der Waals surface area contributed by atoms with Crippen LogP contribution in [0.2, 0.25) is 5.02 Å². The molecule has 1 unspecified atom stereocenters. The van der Waals surface area contributed by atoms with Crippen LogP contribution in [0.15, 0.2) is 59.1 Å². The lowest BCUT2D eigenvalue weighted by Crippen LogP contribution is -2.39. The molecule has 0 amide bonds. The number of carbonyl (C=O) groups excluding carboxylic acids is 1. The molecule has 0 spiro atoms. The van der Waals surface area contributed by atoms with Crippen molar-refractivity contribution < 1.29 is 14.1 Å². The molecule has 0 aliphatic carbocycles. The van der Waals surface area contributed by atoms with Gasteiger partial charge in [0.25, 0.3) is 0 Å². The van der Waals surface area contributed by atoms with Crippen LogP contribution in [0.4, 0.5) is 0 Å². The van der Waals surface area contributed by atoms with Crippen LogP contribution in [0.3, 0.4) is 0 Å². The maximum atomic E-state index is 12.0. The minimum absolute atomic E-state index is 0.250. The molecule has 2 aromatic carbocycles. The average Bonchev–Trinajstić information content (AvgIpc) is 3.14. The maximum Gasteiger partial charge on any atom is 0.323 e. The summed E-state index contributed by atoms with van der Waals surface area (Å²) >= 11 is 5.98. The van der Waals surface area contributed by atoms with Crippen LogP contribution in [0.5, 0.6) is 0 Å². The molecule has 1 atom stereocenters. The van der Waals surface area contributed by atoms with E-state index < -0.39 is 6.04 Å². The lowest BCUT2D eigenvalue weighted by Gasteiger charge is -2.15. The summed E-state index contributed by atoms with van der Waals surface area (Å²) in [4.78, 5) is 16.4. The summed E-state index contributed by atoms with van der Waals surface area (Å²) in [5, 5.41) is 7.67. The molecule has 0 saturated heterocycles. The number of ether oxygens (including phenoxy) is 1. The molecule has 1 aromatic heterocycles. The number of aromatic nitrogens is 2. The summed E-state index contributed by atoms with van der Waals surface area (Å²) in [7, 11) is 1.37. The molecule has 26 heavy (non-hydrogen) atoms. The standard InChI is InChI=1S/C19H18ClN3O3/c1-25-19(24)16(10-13-6-3-2-4-7-13)21-12-17-22-18(23-26-17)14-8-5-9-15(20)11-14/h2-9,11,16,21H,10,12H2,1H3. The van der Waals surface area contributed by atoms with Gasteiger partial charge >= 0.3 is 5.97 Å². The van der Waals surface area contributed by atoms with Crippen molar-refractivity contribution >= 4 is 17.6 Å². The second-order valence-corrected chi connectivity index (χ2v) is 6.10. The largest absolute Gasteiger partial charge is 0.468 e. The summed E-state index contributed by atoms with van der Waals surface area (Å²) < 4.78 is 10.1. The predicted molar refractivity (Wildman–Crippen MR) is 97.5 cm³/mol. The normalized spacial score (nSPS) is 11.9. The number of esters is 1. The van der Waals surface area contributed by atoms with Crippen LogP contribution in [0.25, 0.3) is 11.4 Å². The zero-order valence-electron chi connectivity index (χ0n) is 14.2. The number of nitrogens with one attached hydrogen (secondary N) is 1. The Bertz CT molecular complexity index is 867. The maximum absolute atomic E-state index is 12.0. The number of carbonyl (C=O) groups is 1. The molecule has 6 nitrogen and oxygen atoms in total. The van der Waals surface area contributed by atoms with E-state index in [1.807, 2.05) is 42.5 Å². The second-order valence-electron chi connectivity index (χ2n) is 5.67. The number of halogens is 1. The molecule has 3 aromatic rings. The van der Waals surface area contributed by atoms with Gasteiger partial charge in [0.2, 0.25) is 11.7 Å². The molecule has 0 aliphatic rings. The first-order valence-electron chi connectivity index (χ1n) is 8.09. The van der Waals surface area contributed by atoms with E-state index in [0.29, 0.717) is 23.2 Å². The smallest absolute Gasteiger partial charge is 0.323 e. The predicted octanol–water partition coefficient (Wildman–Crippen LogP) is 3.26. The fourth-order valence-corrected chi connectivity index (χ4v) is 2.70. The van der Waals surface area contributed by atoms with Crippen LogP contribution in [0.1, 0.15) is 11.5 Å². The van der Waals surface area contributed by atoms with Crippen molar-refractivity contribution in [2.45, 2.75) is 19.0 Å². The SMILES string of the molecule is COC(=O)C(Cc1ccccc1)NCc1nc(-c2cccc(Cl)c2)no1. The van der Waals surface area contributed by atoms with Gasteiger partial charge in [0.1, 0.15) is 6.04 Å². The zero-order chi connectivity index (χ0) is 18.4. The van der Waals surface area contributed by atoms with E-state index in [1.165, 1.54) is 7.11 Å². The van der Waals surface area contributed by atoms with Crippen molar-refractivity contribution in [3.05, 3.63) is 71.1 Å². The van der Waals surface area contributed by atoms with Gasteiger partial charge in [-0.25, -0.2) is 0 Å². The van der Waals surface area contributed by atoms with Crippen LogP contribution in [-0.4, -0.2) is 29.3 Å². The Balaban J connectivity index is 1.66. The monoisotopic (exact) mass is 371 g/mol. The quantitative estimate of drug-likeness (QED) is 0.642. The molecule has 0 radical (unpaired) electrons. The molecule has 0 aliphatic heterocycles. The molecular weight excluding hydrogens is 354 g/mol. The highest BCUT2D eigenvalue weighted by molar-refractivity contribution is 6.30. The summed E-state index contributed by atoms with van der Waals surface area (Å²) in [5.74, 6) is 0.479. The van der Waals surface area contributed by atoms with Crippen LogP contribution in [-0.2, 0) is 22.5 Å². The minimum atomic E-state index is -0.510. The van der Waals surface area contributed by atoms with Crippen molar-refractivity contribution in [1.82, 2.24) is 15.5 Å². The summed E-state index contributed by atoms with van der Waals surface area (Å²) in [6.45, 7) is 0.250. The Morgan fingerprint density at radius 2 is 2.04 bits per heavy atom. The summed E-state index contributed by atoms with van der Waals surface area (Å²) in [5.41, 5.74) is 1.79. The van der Waals surface area contributed by atoms with E-state index in [1.54, 1.807) is 12.1 Å². The molecule has 7 heteroatoms. The Labute approximate surface area is 156 Å². The summed E-state index contributed by atoms with van der Waals surface area (Å²) in [6.07, 6.45) is 0.503. The number of nitrogens with zero attached hydrogens (tertiary/aromatic N) is 2.